The van der Waals surface area contributed by atoms with E-state index >= 15 is 0 Å². The van der Waals surface area contributed by atoms with Crippen molar-refractivity contribution in [2.45, 2.75) is 37.6 Å². The second-order valence-corrected chi connectivity index (χ2v) is 7.26. The van der Waals surface area contributed by atoms with Gasteiger partial charge in [0.05, 0.1) is 0 Å². The van der Waals surface area contributed by atoms with E-state index in [1.54, 1.807) is 0 Å². The third-order valence-electron chi connectivity index (χ3n) is 5.47. The number of hydrogen-bond donors (Lipinski definition) is 2. The van der Waals surface area contributed by atoms with Crippen molar-refractivity contribution in [3.63, 3.8) is 0 Å². The van der Waals surface area contributed by atoms with Crippen LogP contribution in [0.25, 0.3) is 0 Å². The number of rotatable bonds is 5. The van der Waals surface area contributed by atoms with Crippen molar-refractivity contribution in [3.05, 3.63) is 0 Å². The van der Waals surface area contributed by atoms with Crippen molar-refractivity contribution in [2.24, 2.45) is 16.6 Å². The summed E-state index contributed by atoms with van der Waals surface area (Å²) in [6.07, 6.45) is 4.65. The summed E-state index contributed by atoms with van der Waals surface area (Å²) in [7, 11) is 6.10. The summed E-state index contributed by atoms with van der Waals surface area (Å²) < 4.78 is 5.54. The predicted octanol–water partition coefficient (Wildman–Crippen LogP) is 0.260. The molecule has 2 aliphatic heterocycles. The molecule has 7 nitrogen and oxygen atoms in total. The highest BCUT2D eigenvalue weighted by Crippen LogP contribution is 2.25. The van der Waals surface area contributed by atoms with E-state index in [1.165, 1.54) is 0 Å². The Bertz CT molecular complexity index is 446. The molecule has 2 saturated heterocycles. The van der Waals surface area contributed by atoms with E-state index in [9.17, 15) is 4.79 Å². The van der Waals surface area contributed by atoms with Gasteiger partial charge >= 0.3 is 0 Å². The van der Waals surface area contributed by atoms with Crippen molar-refractivity contribution in [1.82, 2.24) is 15.1 Å². The Kier molecular flexibility index (Phi) is 6.86. The molecule has 1 amide bonds. The minimum absolute atomic E-state index is 0.108. The molecule has 0 aromatic rings. The normalized spacial score (nSPS) is 24.9. The van der Waals surface area contributed by atoms with E-state index in [-0.39, 0.29) is 11.4 Å². The lowest BCUT2D eigenvalue weighted by Crippen LogP contribution is -2.58. The van der Waals surface area contributed by atoms with Crippen LogP contribution in [0.5, 0.6) is 0 Å². The Hall–Kier alpha value is -1.34. The zero-order chi connectivity index (χ0) is 17.6. The molecule has 2 fully saturated rings. The summed E-state index contributed by atoms with van der Waals surface area (Å²) in [5.74, 6) is 1.05. The molecule has 7 heteroatoms. The fraction of sp³-hybridized carbons (Fsp3) is 0.882. The van der Waals surface area contributed by atoms with Gasteiger partial charge in [-0.2, -0.15) is 0 Å². The molecule has 0 aromatic carbocycles. The van der Waals surface area contributed by atoms with Gasteiger partial charge in [-0.25, -0.2) is 0 Å². The number of nitrogens with one attached hydrogen (secondary N) is 1. The molecule has 0 saturated carbocycles. The lowest BCUT2D eigenvalue weighted by atomic mass is 9.88. The first-order valence-corrected chi connectivity index (χ1v) is 8.96. The smallest absolute Gasteiger partial charge is 0.217 e. The quantitative estimate of drug-likeness (QED) is 0.554. The van der Waals surface area contributed by atoms with Gasteiger partial charge in [0.1, 0.15) is 0 Å². The van der Waals surface area contributed by atoms with Crippen LogP contribution in [0.4, 0.5) is 0 Å². The maximum atomic E-state index is 11.2. The number of likely N-dealkylation sites (N-methyl/N-ethyl adjacent to an activating group) is 1. The number of amides is 1. The number of piperidine rings is 1. The summed E-state index contributed by atoms with van der Waals surface area (Å²) in [4.78, 5) is 20.2. The van der Waals surface area contributed by atoms with Crippen LogP contribution in [0, 0.1) is 5.92 Å². The monoisotopic (exact) mass is 339 g/mol. The Balaban J connectivity index is 1.94. The van der Waals surface area contributed by atoms with E-state index < -0.39 is 0 Å². The molecule has 0 aliphatic carbocycles. The van der Waals surface area contributed by atoms with Gasteiger partial charge in [-0.1, -0.05) is 0 Å². The van der Waals surface area contributed by atoms with Crippen molar-refractivity contribution >= 4 is 11.9 Å². The van der Waals surface area contributed by atoms with Crippen molar-refractivity contribution in [2.75, 3.05) is 54.0 Å². The number of likely N-dealkylation sites (tertiary alicyclic amines) is 1. The largest absolute Gasteiger partial charge is 0.381 e. The maximum absolute atomic E-state index is 11.2. The van der Waals surface area contributed by atoms with Gasteiger partial charge in [-0.05, 0) is 45.7 Å². The zero-order valence-corrected chi connectivity index (χ0v) is 15.4. The van der Waals surface area contributed by atoms with Crippen LogP contribution in [-0.4, -0.2) is 81.2 Å². The molecule has 0 aromatic heterocycles. The number of nitrogens with two attached hydrogens (primary N) is 1. The van der Waals surface area contributed by atoms with Crippen LogP contribution in [0.1, 0.15) is 32.1 Å². The maximum Gasteiger partial charge on any atom is 0.217 e. The molecule has 2 rings (SSSR count). The van der Waals surface area contributed by atoms with Crippen molar-refractivity contribution in [1.29, 1.82) is 0 Å². The van der Waals surface area contributed by atoms with E-state index in [4.69, 9.17) is 10.5 Å². The highest BCUT2D eigenvalue weighted by atomic mass is 16.5. The second kappa shape index (κ2) is 8.67. The summed E-state index contributed by atoms with van der Waals surface area (Å²) in [5.41, 5.74) is 5.47. The number of aliphatic imine (C=N–C) groups is 1. The molecule has 2 aliphatic rings. The Morgan fingerprint density at radius 2 is 2.12 bits per heavy atom. The Morgan fingerprint density at radius 1 is 1.42 bits per heavy atom. The molecule has 2 heterocycles. The first-order chi connectivity index (χ1) is 11.5. The average molecular weight is 339 g/mol. The van der Waals surface area contributed by atoms with Crippen LogP contribution >= 0.6 is 0 Å². The van der Waals surface area contributed by atoms with Gasteiger partial charge in [-0.3, -0.25) is 9.79 Å². The third-order valence-corrected chi connectivity index (χ3v) is 5.47. The van der Waals surface area contributed by atoms with Crippen LogP contribution in [-0.2, 0) is 9.53 Å². The van der Waals surface area contributed by atoms with Gasteiger partial charge in [0, 0.05) is 51.9 Å². The third kappa shape index (κ3) is 4.83. The number of carbonyl (C=O) groups is 1. The fourth-order valence-corrected chi connectivity index (χ4v) is 3.82. The molecule has 24 heavy (non-hydrogen) atoms. The molecule has 0 bridgehead atoms. The first kappa shape index (κ1) is 19.0. The summed E-state index contributed by atoms with van der Waals surface area (Å²) in [5, 5.41) is 3.57. The van der Waals surface area contributed by atoms with Crippen LogP contribution in [0.15, 0.2) is 4.99 Å². The van der Waals surface area contributed by atoms with Crippen LogP contribution in [0.2, 0.25) is 0 Å². The van der Waals surface area contributed by atoms with E-state index in [1.807, 2.05) is 7.05 Å². The van der Waals surface area contributed by atoms with E-state index in [0.717, 1.165) is 64.5 Å². The topological polar surface area (TPSA) is 83.2 Å². The second-order valence-electron chi connectivity index (χ2n) is 7.26. The fourth-order valence-electron chi connectivity index (χ4n) is 3.82. The molecular formula is C17H33N5O2. The predicted molar refractivity (Wildman–Crippen MR) is 95.9 cm³/mol. The molecule has 0 radical (unpaired) electrons. The number of primary amides is 1. The number of carbonyl (C=O) groups excluding carboxylic acids is 1. The first-order valence-electron chi connectivity index (χ1n) is 8.96. The van der Waals surface area contributed by atoms with Crippen molar-refractivity contribution in [3.8, 4) is 0 Å². The van der Waals surface area contributed by atoms with Crippen LogP contribution in [0.3, 0.4) is 0 Å². The molecular weight excluding hydrogens is 306 g/mol. The average Bonchev–Trinajstić information content (AvgIpc) is 2.56. The van der Waals surface area contributed by atoms with Gasteiger partial charge in [0.15, 0.2) is 5.96 Å². The number of guanidine groups is 1. The zero-order valence-electron chi connectivity index (χ0n) is 15.4. The number of ether oxygens (including phenoxy) is 1. The molecule has 3 N–H and O–H groups in total. The Labute approximate surface area is 145 Å². The van der Waals surface area contributed by atoms with Crippen molar-refractivity contribution < 1.29 is 9.53 Å². The number of nitrogens with zero attached hydrogens (tertiary/aromatic N) is 3. The molecule has 1 unspecified atom stereocenters. The Morgan fingerprint density at radius 3 is 2.71 bits per heavy atom. The van der Waals surface area contributed by atoms with Gasteiger partial charge in [0.25, 0.3) is 0 Å². The summed E-state index contributed by atoms with van der Waals surface area (Å²) in [6.45, 7) is 4.30. The van der Waals surface area contributed by atoms with Gasteiger partial charge in [0.2, 0.25) is 5.91 Å². The molecule has 0 spiro atoms. The molecule has 138 valence electrons. The van der Waals surface area contributed by atoms with Gasteiger partial charge in [-0.15, -0.1) is 0 Å². The van der Waals surface area contributed by atoms with Gasteiger partial charge < -0.3 is 25.6 Å². The van der Waals surface area contributed by atoms with E-state index in [0.29, 0.717) is 12.3 Å². The highest BCUT2D eigenvalue weighted by molar-refractivity contribution is 5.80. The van der Waals surface area contributed by atoms with E-state index in [2.05, 4.69) is 34.2 Å². The highest BCUT2D eigenvalue weighted by Gasteiger charge is 2.35. The SMILES string of the molecule is CN=C(NCC1(N(C)C)CCOCC1)N1CCCC(CC(N)=O)C1. The summed E-state index contributed by atoms with van der Waals surface area (Å²) in [6, 6.07) is 0. The number of hydrogen-bond acceptors (Lipinski definition) is 4. The van der Waals surface area contributed by atoms with Crippen LogP contribution < -0.4 is 11.1 Å². The minimum atomic E-state index is -0.210. The standard InChI is InChI=1S/C17H33N5O2/c1-19-16(22-8-4-5-14(12-22)11-15(18)23)20-13-17(21(2)3)6-9-24-10-7-17/h14H,4-13H2,1-3H3,(H2,18,23)(H,19,20). The minimum Gasteiger partial charge on any atom is -0.381 e. The molecule has 1 atom stereocenters. The lowest BCUT2D eigenvalue weighted by molar-refractivity contribution is -0.119. The lowest BCUT2D eigenvalue weighted by Gasteiger charge is -2.44. The summed E-state index contributed by atoms with van der Waals surface area (Å²) >= 11 is 0.